The van der Waals surface area contributed by atoms with E-state index in [2.05, 4.69) is 76.4 Å². The fraction of sp³-hybridized carbons (Fsp3) is 0.625. The summed E-state index contributed by atoms with van der Waals surface area (Å²) in [4.78, 5) is 0. The summed E-state index contributed by atoms with van der Waals surface area (Å²) in [6.07, 6.45) is 0.118. The number of benzene rings is 1. The van der Waals surface area contributed by atoms with E-state index in [1.54, 1.807) is 0 Å². The Hall–Kier alpha value is -0.643. The second-order valence-corrected chi connectivity index (χ2v) is 11.5. The van der Waals surface area contributed by atoms with E-state index in [9.17, 15) is 0 Å². The maximum absolute atomic E-state index is 6.62. The second-order valence-electron chi connectivity index (χ2n) is 6.79. The Kier molecular flexibility index (Phi) is 5.36. The van der Waals surface area contributed by atoms with Crippen molar-refractivity contribution in [1.29, 1.82) is 0 Å². The highest BCUT2D eigenvalue weighted by Crippen LogP contribution is 2.40. The molecule has 0 bridgehead atoms. The summed E-state index contributed by atoms with van der Waals surface area (Å²) in [5.41, 5.74) is 1.26. The van der Waals surface area contributed by atoms with Crippen molar-refractivity contribution < 1.29 is 4.43 Å². The fourth-order valence-corrected chi connectivity index (χ4v) is 3.08. The van der Waals surface area contributed by atoms with Crippen LogP contribution in [0.4, 0.5) is 0 Å². The molecule has 0 unspecified atom stereocenters. The number of nitrogens with one attached hydrogen (secondary N) is 1. The topological polar surface area (TPSA) is 21.3 Å². The Morgan fingerprint density at radius 2 is 1.63 bits per heavy atom. The van der Waals surface area contributed by atoms with Gasteiger partial charge in [0.2, 0.25) is 0 Å². The van der Waals surface area contributed by atoms with Crippen LogP contribution in [0.15, 0.2) is 30.3 Å². The van der Waals surface area contributed by atoms with Crippen LogP contribution in [0.1, 0.15) is 39.4 Å². The summed E-state index contributed by atoms with van der Waals surface area (Å²) in [5, 5.41) is 3.56. The highest BCUT2D eigenvalue weighted by Gasteiger charge is 2.40. The predicted molar refractivity (Wildman–Crippen MR) is 86.0 cm³/mol. The minimum atomic E-state index is -1.77. The molecule has 1 aromatic rings. The Morgan fingerprint density at radius 3 is 2.05 bits per heavy atom. The Balaban J connectivity index is 3.01. The fourth-order valence-electron chi connectivity index (χ4n) is 1.75. The SMILES string of the molecule is CN[C@H](C)[C@@H](O[Si](C)(C)C(C)(C)C)c1ccccc1. The lowest BCUT2D eigenvalue weighted by molar-refractivity contribution is 0.147. The molecule has 0 amide bonds. The van der Waals surface area contributed by atoms with E-state index in [4.69, 9.17) is 4.43 Å². The van der Waals surface area contributed by atoms with Gasteiger partial charge in [0.05, 0.1) is 6.10 Å². The molecular weight excluding hydrogens is 250 g/mol. The highest BCUT2D eigenvalue weighted by molar-refractivity contribution is 6.74. The van der Waals surface area contributed by atoms with Crippen LogP contribution in [-0.4, -0.2) is 21.4 Å². The maximum atomic E-state index is 6.62. The summed E-state index contributed by atoms with van der Waals surface area (Å²) < 4.78 is 6.62. The van der Waals surface area contributed by atoms with Crippen LogP contribution >= 0.6 is 0 Å². The first-order chi connectivity index (χ1) is 8.69. The Bertz CT molecular complexity index is 383. The summed E-state index contributed by atoms with van der Waals surface area (Å²) in [6, 6.07) is 10.8. The van der Waals surface area contributed by atoms with Crippen LogP contribution < -0.4 is 5.32 Å². The Labute approximate surface area is 119 Å². The maximum Gasteiger partial charge on any atom is 0.192 e. The third-order valence-corrected chi connectivity index (χ3v) is 8.72. The van der Waals surface area contributed by atoms with Crippen molar-refractivity contribution in [3.63, 3.8) is 0 Å². The molecule has 1 rings (SSSR count). The van der Waals surface area contributed by atoms with Gasteiger partial charge in [-0.15, -0.1) is 0 Å². The smallest absolute Gasteiger partial charge is 0.192 e. The quantitative estimate of drug-likeness (QED) is 0.809. The van der Waals surface area contributed by atoms with Crippen molar-refractivity contribution >= 4 is 8.32 Å². The lowest BCUT2D eigenvalue weighted by atomic mass is 10.0. The average molecular weight is 279 g/mol. The third kappa shape index (κ3) is 4.16. The molecule has 1 N–H and O–H groups in total. The number of likely N-dealkylation sites (N-methyl/N-ethyl adjacent to an activating group) is 1. The zero-order valence-corrected chi connectivity index (χ0v) is 14.4. The van der Waals surface area contributed by atoms with Crippen molar-refractivity contribution in [3.8, 4) is 0 Å². The van der Waals surface area contributed by atoms with Crippen LogP contribution in [0, 0.1) is 0 Å². The van der Waals surface area contributed by atoms with Gasteiger partial charge in [-0.05, 0) is 37.7 Å². The minimum Gasteiger partial charge on any atom is -0.408 e. The molecule has 2 atom stereocenters. The summed E-state index contributed by atoms with van der Waals surface area (Å²) in [5.74, 6) is 0. The van der Waals surface area contributed by atoms with Crippen LogP contribution in [0.25, 0.3) is 0 Å². The van der Waals surface area contributed by atoms with Gasteiger partial charge in [-0.3, -0.25) is 0 Å². The van der Waals surface area contributed by atoms with E-state index < -0.39 is 8.32 Å². The molecule has 1 aromatic carbocycles. The lowest BCUT2D eigenvalue weighted by Gasteiger charge is -2.41. The van der Waals surface area contributed by atoms with Crippen LogP contribution in [0.2, 0.25) is 18.1 Å². The van der Waals surface area contributed by atoms with E-state index in [-0.39, 0.29) is 11.1 Å². The minimum absolute atomic E-state index is 0.118. The van der Waals surface area contributed by atoms with Gasteiger partial charge in [-0.1, -0.05) is 51.1 Å². The van der Waals surface area contributed by atoms with E-state index in [0.717, 1.165) is 0 Å². The van der Waals surface area contributed by atoms with Gasteiger partial charge in [0.15, 0.2) is 8.32 Å². The molecule has 19 heavy (non-hydrogen) atoms. The first-order valence-corrected chi connectivity index (χ1v) is 10.00. The van der Waals surface area contributed by atoms with Gasteiger partial charge < -0.3 is 9.74 Å². The van der Waals surface area contributed by atoms with Crippen molar-refractivity contribution in [2.45, 2.75) is 58.0 Å². The van der Waals surface area contributed by atoms with Crippen molar-refractivity contribution in [3.05, 3.63) is 35.9 Å². The van der Waals surface area contributed by atoms with Crippen LogP contribution in [0.3, 0.4) is 0 Å². The summed E-state index contributed by atoms with van der Waals surface area (Å²) in [7, 11) is 0.226. The van der Waals surface area contributed by atoms with E-state index in [1.807, 2.05) is 7.05 Å². The third-order valence-electron chi connectivity index (χ3n) is 4.27. The summed E-state index contributed by atoms with van der Waals surface area (Å²) >= 11 is 0. The van der Waals surface area contributed by atoms with Gasteiger partial charge in [-0.2, -0.15) is 0 Å². The molecule has 0 heterocycles. The Morgan fingerprint density at radius 1 is 1.11 bits per heavy atom. The molecule has 0 aliphatic rings. The van der Waals surface area contributed by atoms with Gasteiger partial charge in [-0.25, -0.2) is 0 Å². The molecule has 0 aliphatic heterocycles. The van der Waals surface area contributed by atoms with Gasteiger partial charge in [0, 0.05) is 6.04 Å². The standard InChI is InChI=1S/C16H29NOSi/c1-13(17-5)15(14-11-9-8-10-12-14)18-19(6,7)16(2,3)4/h8-13,15,17H,1-7H3/t13-,15-/m1/s1. The average Bonchev–Trinajstić information content (AvgIpc) is 2.35. The first-order valence-electron chi connectivity index (χ1n) is 7.09. The molecule has 0 spiro atoms. The van der Waals surface area contributed by atoms with E-state index >= 15 is 0 Å². The molecule has 3 heteroatoms. The molecule has 108 valence electrons. The van der Waals surface area contributed by atoms with Crippen LogP contribution in [-0.2, 0) is 4.43 Å². The van der Waals surface area contributed by atoms with E-state index in [1.165, 1.54) is 5.56 Å². The van der Waals surface area contributed by atoms with Crippen molar-refractivity contribution in [1.82, 2.24) is 5.32 Å². The normalized spacial score (nSPS) is 16.2. The lowest BCUT2D eigenvalue weighted by Crippen LogP contribution is -2.45. The molecule has 0 saturated heterocycles. The zero-order valence-electron chi connectivity index (χ0n) is 13.4. The van der Waals surface area contributed by atoms with E-state index in [0.29, 0.717) is 6.04 Å². The van der Waals surface area contributed by atoms with Crippen molar-refractivity contribution in [2.24, 2.45) is 0 Å². The zero-order chi connectivity index (χ0) is 14.7. The molecule has 0 fully saturated rings. The molecule has 2 nitrogen and oxygen atoms in total. The van der Waals surface area contributed by atoms with Gasteiger partial charge >= 0.3 is 0 Å². The molecule has 0 radical (unpaired) electrons. The monoisotopic (exact) mass is 279 g/mol. The van der Waals surface area contributed by atoms with Gasteiger partial charge in [0.1, 0.15) is 0 Å². The van der Waals surface area contributed by atoms with Crippen molar-refractivity contribution in [2.75, 3.05) is 7.05 Å². The van der Waals surface area contributed by atoms with Crippen LogP contribution in [0.5, 0.6) is 0 Å². The highest BCUT2D eigenvalue weighted by atomic mass is 28.4. The van der Waals surface area contributed by atoms with Gasteiger partial charge in [0.25, 0.3) is 0 Å². The number of hydrogen-bond acceptors (Lipinski definition) is 2. The summed E-state index contributed by atoms with van der Waals surface area (Å²) in [6.45, 7) is 13.7. The number of hydrogen-bond donors (Lipinski definition) is 1. The first kappa shape index (κ1) is 16.4. The second kappa shape index (κ2) is 6.20. The predicted octanol–water partition coefficient (Wildman–Crippen LogP) is 4.36. The molecule has 0 aliphatic carbocycles. The molecule has 0 aromatic heterocycles. The number of rotatable bonds is 5. The largest absolute Gasteiger partial charge is 0.408 e. The molecular formula is C16H29NOSi. The molecule has 0 saturated carbocycles.